The van der Waals surface area contributed by atoms with Gasteiger partial charge in [-0.1, -0.05) is 20.3 Å². The number of halogens is 3. The first-order chi connectivity index (χ1) is 9.67. The Morgan fingerprint density at radius 1 is 1.27 bits per heavy atom. The number of benzene rings is 1. The fourth-order valence-electron chi connectivity index (χ4n) is 2.98. The number of ether oxygens (including phenoxy) is 1. The van der Waals surface area contributed by atoms with Gasteiger partial charge < -0.3 is 10.1 Å². The Bertz CT molecular complexity index is 442. The van der Waals surface area contributed by atoms with Gasteiger partial charge in [-0.15, -0.1) is 24.8 Å². The average molecular weight is 353 g/mol. The molecule has 1 heterocycles. The van der Waals surface area contributed by atoms with Crippen LogP contribution in [-0.2, 0) is 0 Å². The van der Waals surface area contributed by atoms with Gasteiger partial charge in [-0.2, -0.15) is 0 Å². The van der Waals surface area contributed by atoms with Crippen LogP contribution >= 0.6 is 24.8 Å². The summed E-state index contributed by atoms with van der Waals surface area (Å²) in [6.45, 7) is 8.39. The van der Waals surface area contributed by atoms with Crippen molar-refractivity contribution in [2.75, 3.05) is 33.3 Å². The molecule has 1 saturated heterocycles. The molecule has 0 aliphatic carbocycles. The van der Waals surface area contributed by atoms with Gasteiger partial charge in [0.15, 0.2) is 0 Å². The summed E-state index contributed by atoms with van der Waals surface area (Å²) in [4.78, 5) is 2.45. The van der Waals surface area contributed by atoms with Gasteiger partial charge in [0.05, 0.1) is 7.11 Å². The summed E-state index contributed by atoms with van der Waals surface area (Å²) >= 11 is 0. The zero-order valence-corrected chi connectivity index (χ0v) is 15.1. The molecule has 0 saturated carbocycles. The molecule has 0 radical (unpaired) electrons. The number of hydrogen-bond acceptors (Lipinski definition) is 3. The minimum absolute atomic E-state index is 0. The van der Waals surface area contributed by atoms with Gasteiger partial charge in [0.2, 0.25) is 0 Å². The molecular formula is C16H27Cl2FN2O. The van der Waals surface area contributed by atoms with Crippen molar-refractivity contribution >= 4 is 24.8 Å². The van der Waals surface area contributed by atoms with E-state index in [9.17, 15) is 4.39 Å². The second-order valence-electron chi connectivity index (χ2n) is 5.50. The molecule has 0 aromatic heterocycles. The fraction of sp³-hybridized carbons (Fsp3) is 0.625. The maximum Gasteiger partial charge on any atom is 0.123 e. The fourth-order valence-corrected chi connectivity index (χ4v) is 2.98. The quantitative estimate of drug-likeness (QED) is 0.874. The minimum Gasteiger partial charge on any atom is -0.496 e. The minimum atomic E-state index is -0.191. The summed E-state index contributed by atoms with van der Waals surface area (Å²) in [5, 5.41) is 3.37. The van der Waals surface area contributed by atoms with Crippen LogP contribution in [0.15, 0.2) is 18.2 Å². The van der Waals surface area contributed by atoms with E-state index in [1.807, 2.05) is 0 Å². The molecule has 2 atom stereocenters. The Morgan fingerprint density at radius 3 is 2.45 bits per heavy atom. The molecule has 22 heavy (non-hydrogen) atoms. The van der Waals surface area contributed by atoms with Gasteiger partial charge in [-0.05, 0) is 24.1 Å². The van der Waals surface area contributed by atoms with Gasteiger partial charge in [-0.3, -0.25) is 4.90 Å². The van der Waals surface area contributed by atoms with E-state index >= 15 is 0 Å². The third-order valence-electron chi connectivity index (χ3n) is 4.24. The van der Waals surface area contributed by atoms with E-state index in [4.69, 9.17) is 4.74 Å². The zero-order valence-electron chi connectivity index (χ0n) is 13.5. The Kier molecular flexibility index (Phi) is 10.0. The number of hydrogen-bond donors (Lipinski definition) is 1. The van der Waals surface area contributed by atoms with Crippen molar-refractivity contribution < 1.29 is 9.13 Å². The Morgan fingerprint density at radius 2 is 1.91 bits per heavy atom. The predicted octanol–water partition coefficient (Wildman–Crippen LogP) is 3.67. The maximum atomic E-state index is 13.7. The topological polar surface area (TPSA) is 24.5 Å². The molecule has 128 valence electrons. The van der Waals surface area contributed by atoms with E-state index in [2.05, 4.69) is 24.1 Å². The number of nitrogens with zero attached hydrogens (tertiary/aromatic N) is 1. The van der Waals surface area contributed by atoms with E-state index in [0.717, 1.165) is 43.9 Å². The molecule has 1 aromatic carbocycles. The third kappa shape index (κ3) is 4.98. The smallest absolute Gasteiger partial charge is 0.123 e. The molecule has 0 spiro atoms. The number of methoxy groups -OCH3 is 1. The van der Waals surface area contributed by atoms with Crippen molar-refractivity contribution in [2.45, 2.75) is 26.3 Å². The molecule has 1 fully saturated rings. The largest absolute Gasteiger partial charge is 0.496 e. The molecule has 3 nitrogen and oxygen atoms in total. The van der Waals surface area contributed by atoms with Crippen molar-refractivity contribution in [1.82, 2.24) is 10.2 Å². The Labute approximate surface area is 145 Å². The molecule has 1 aliphatic rings. The first-order valence-electron chi connectivity index (χ1n) is 7.45. The second-order valence-corrected chi connectivity index (χ2v) is 5.50. The van der Waals surface area contributed by atoms with Crippen LogP contribution in [0.4, 0.5) is 4.39 Å². The van der Waals surface area contributed by atoms with Crippen molar-refractivity contribution in [3.63, 3.8) is 0 Å². The van der Waals surface area contributed by atoms with Crippen molar-refractivity contribution in [2.24, 2.45) is 5.92 Å². The zero-order chi connectivity index (χ0) is 14.5. The molecule has 6 heteroatoms. The highest BCUT2D eigenvalue weighted by atomic mass is 35.5. The van der Waals surface area contributed by atoms with E-state index in [-0.39, 0.29) is 36.7 Å². The van der Waals surface area contributed by atoms with Crippen LogP contribution in [0.1, 0.15) is 31.9 Å². The summed E-state index contributed by atoms with van der Waals surface area (Å²) in [7, 11) is 1.65. The summed E-state index contributed by atoms with van der Waals surface area (Å²) in [5.41, 5.74) is 0.976. The van der Waals surface area contributed by atoms with Crippen LogP contribution in [0.3, 0.4) is 0 Å². The third-order valence-corrected chi connectivity index (χ3v) is 4.24. The number of piperazine rings is 1. The first-order valence-corrected chi connectivity index (χ1v) is 7.45. The molecular weight excluding hydrogens is 326 g/mol. The molecule has 0 amide bonds. The van der Waals surface area contributed by atoms with Gasteiger partial charge in [0.1, 0.15) is 11.6 Å². The van der Waals surface area contributed by atoms with Gasteiger partial charge >= 0.3 is 0 Å². The van der Waals surface area contributed by atoms with Gasteiger partial charge in [0.25, 0.3) is 0 Å². The summed E-state index contributed by atoms with van der Waals surface area (Å²) in [6, 6.07) is 5.06. The first kappa shape index (κ1) is 21.4. The van der Waals surface area contributed by atoms with Crippen LogP contribution in [0, 0.1) is 11.7 Å². The highest BCUT2D eigenvalue weighted by Crippen LogP contribution is 2.36. The van der Waals surface area contributed by atoms with Crippen LogP contribution in [-0.4, -0.2) is 38.2 Å². The lowest BCUT2D eigenvalue weighted by Gasteiger charge is -2.39. The highest BCUT2D eigenvalue weighted by Gasteiger charge is 2.29. The number of rotatable bonds is 5. The van der Waals surface area contributed by atoms with Crippen LogP contribution < -0.4 is 10.1 Å². The molecule has 0 bridgehead atoms. The molecule has 1 aromatic rings. The van der Waals surface area contributed by atoms with Gasteiger partial charge in [0, 0.05) is 37.8 Å². The summed E-state index contributed by atoms with van der Waals surface area (Å²) in [5.74, 6) is 1.06. The van der Waals surface area contributed by atoms with Crippen LogP contribution in [0.2, 0.25) is 0 Å². The lowest BCUT2D eigenvalue weighted by molar-refractivity contribution is 0.126. The lowest BCUT2D eigenvalue weighted by Crippen LogP contribution is -2.46. The molecule has 2 rings (SSSR count). The monoisotopic (exact) mass is 352 g/mol. The Hall–Kier alpha value is -0.550. The highest BCUT2D eigenvalue weighted by molar-refractivity contribution is 5.85. The molecule has 1 unspecified atom stereocenters. The number of nitrogens with one attached hydrogen (secondary N) is 1. The second kappa shape index (κ2) is 10.3. The Balaban J connectivity index is 0.00000220. The van der Waals surface area contributed by atoms with Crippen molar-refractivity contribution in [3.8, 4) is 5.75 Å². The standard InChI is InChI=1S/C16H25FN2O.2ClH/c1-4-12(2)16(19-9-7-18-8-10-19)14-11-13(17)5-6-15(14)20-3;;/h5-6,11-12,16,18H,4,7-10H2,1-3H3;2*1H/t12?,16-;;/m1../s1. The molecule has 1 aliphatic heterocycles. The van der Waals surface area contributed by atoms with E-state index in [0.29, 0.717) is 5.92 Å². The van der Waals surface area contributed by atoms with Crippen molar-refractivity contribution in [1.29, 1.82) is 0 Å². The predicted molar refractivity (Wildman–Crippen MR) is 94.1 cm³/mol. The normalized spacial score (nSPS) is 17.8. The van der Waals surface area contributed by atoms with E-state index in [1.165, 1.54) is 6.07 Å². The van der Waals surface area contributed by atoms with Crippen molar-refractivity contribution in [3.05, 3.63) is 29.6 Å². The molecule has 1 N–H and O–H groups in total. The van der Waals surface area contributed by atoms with E-state index in [1.54, 1.807) is 19.2 Å². The maximum absolute atomic E-state index is 13.7. The van der Waals surface area contributed by atoms with E-state index < -0.39 is 0 Å². The van der Waals surface area contributed by atoms with Crippen LogP contribution in [0.25, 0.3) is 0 Å². The van der Waals surface area contributed by atoms with Gasteiger partial charge in [-0.25, -0.2) is 4.39 Å². The lowest BCUT2D eigenvalue weighted by atomic mass is 9.90. The summed E-state index contributed by atoms with van der Waals surface area (Å²) < 4.78 is 19.1. The van der Waals surface area contributed by atoms with Crippen LogP contribution in [0.5, 0.6) is 5.75 Å². The summed E-state index contributed by atoms with van der Waals surface area (Å²) in [6.07, 6.45) is 1.06. The average Bonchev–Trinajstić information content (AvgIpc) is 2.48. The SMILES string of the molecule is CCC(C)[C@H](c1cc(F)ccc1OC)N1CCNCC1.Cl.Cl.